The lowest BCUT2D eigenvalue weighted by atomic mass is 9.71. The van der Waals surface area contributed by atoms with E-state index in [2.05, 4.69) is 33.9 Å². The summed E-state index contributed by atoms with van der Waals surface area (Å²) in [4.78, 5) is 0. The Morgan fingerprint density at radius 2 is 2.07 bits per heavy atom. The Kier molecular flexibility index (Phi) is 3.41. The maximum Gasteiger partial charge on any atom is 0.180 e. The smallest absolute Gasteiger partial charge is 0.180 e. The Balaban J connectivity index is 2.90. The predicted molar refractivity (Wildman–Crippen MR) is 62.6 cm³/mol. The van der Waals surface area contributed by atoms with E-state index in [1.165, 1.54) is 0 Å². The molecule has 1 heterocycles. The second kappa shape index (κ2) is 4.11. The zero-order valence-electron chi connectivity index (χ0n) is 10.3. The van der Waals surface area contributed by atoms with E-state index in [-0.39, 0.29) is 17.3 Å². The van der Waals surface area contributed by atoms with Crippen molar-refractivity contribution < 1.29 is 9.47 Å². The molecule has 0 saturated carbocycles. The maximum atomic E-state index is 5.96. The Morgan fingerprint density at radius 1 is 1.47 bits per heavy atom. The number of ether oxygens (including phenoxy) is 2. The van der Waals surface area contributed by atoms with Gasteiger partial charge in [0.1, 0.15) is 0 Å². The predicted octanol–water partition coefficient (Wildman–Crippen LogP) is 3.30. The second-order valence-electron chi connectivity index (χ2n) is 4.89. The lowest BCUT2D eigenvalue weighted by Gasteiger charge is -2.36. The van der Waals surface area contributed by atoms with Gasteiger partial charge < -0.3 is 9.47 Å². The Labute approximate surface area is 93.0 Å². The zero-order valence-corrected chi connectivity index (χ0v) is 10.3. The Morgan fingerprint density at radius 3 is 2.47 bits per heavy atom. The fourth-order valence-corrected chi connectivity index (χ4v) is 2.03. The normalized spacial score (nSPS) is 34.4. The standard InChI is InChI=1S/C13H22O2/c1-7-8-9-13(5)12(3,4)10(2)11(14-6)15-13/h7,11H,1-2,8-9H2,3-6H3/t11?,13-/m0/s1. The van der Waals surface area contributed by atoms with Gasteiger partial charge in [-0.1, -0.05) is 26.5 Å². The average molecular weight is 210 g/mol. The van der Waals surface area contributed by atoms with E-state index in [4.69, 9.17) is 9.47 Å². The van der Waals surface area contributed by atoms with Crippen LogP contribution in [0.2, 0.25) is 0 Å². The average Bonchev–Trinajstić information content (AvgIpc) is 2.37. The first-order valence-electron chi connectivity index (χ1n) is 5.40. The summed E-state index contributed by atoms with van der Waals surface area (Å²) in [6, 6.07) is 0. The van der Waals surface area contributed by atoms with Crippen molar-refractivity contribution in [2.45, 2.75) is 45.5 Å². The molecule has 15 heavy (non-hydrogen) atoms. The zero-order chi connectivity index (χ0) is 11.7. The van der Waals surface area contributed by atoms with Crippen molar-refractivity contribution in [1.29, 1.82) is 0 Å². The molecule has 0 N–H and O–H groups in total. The van der Waals surface area contributed by atoms with Crippen LogP contribution in [0.3, 0.4) is 0 Å². The van der Waals surface area contributed by atoms with Gasteiger partial charge in [-0.2, -0.15) is 0 Å². The molecule has 2 atom stereocenters. The van der Waals surface area contributed by atoms with Crippen LogP contribution in [0, 0.1) is 5.41 Å². The van der Waals surface area contributed by atoms with E-state index in [1.54, 1.807) is 7.11 Å². The molecule has 0 aromatic rings. The van der Waals surface area contributed by atoms with Crippen LogP contribution in [0.25, 0.3) is 0 Å². The number of hydrogen-bond acceptors (Lipinski definition) is 2. The highest BCUT2D eigenvalue weighted by Crippen LogP contribution is 2.51. The van der Waals surface area contributed by atoms with Crippen LogP contribution in [-0.2, 0) is 9.47 Å². The fourth-order valence-electron chi connectivity index (χ4n) is 2.03. The summed E-state index contributed by atoms with van der Waals surface area (Å²) in [6.07, 6.45) is 3.55. The summed E-state index contributed by atoms with van der Waals surface area (Å²) in [6.45, 7) is 14.3. The highest BCUT2D eigenvalue weighted by molar-refractivity contribution is 5.22. The molecule has 0 aromatic carbocycles. The monoisotopic (exact) mass is 210 g/mol. The van der Waals surface area contributed by atoms with Gasteiger partial charge in [-0.3, -0.25) is 0 Å². The molecule has 2 nitrogen and oxygen atoms in total. The summed E-state index contributed by atoms with van der Waals surface area (Å²) in [5, 5.41) is 0. The molecule has 0 spiro atoms. The van der Waals surface area contributed by atoms with E-state index < -0.39 is 0 Å². The fraction of sp³-hybridized carbons (Fsp3) is 0.692. The van der Waals surface area contributed by atoms with Gasteiger partial charge in [0, 0.05) is 12.5 Å². The molecule has 0 radical (unpaired) electrons. The van der Waals surface area contributed by atoms with Gasteiger partial charge in [-0.15, -0.1) is 6.58 Å². The molecule has 1 rings (SSSR count). The number of rotatable bonds is 4. The first kappa shape index (κ1) is 12.5. The van der Waals surface area contributed by atoms with Crippen LogP contribution in [-0.4, -0.2) is 19.0 Å². The number of methoxy groups -OCH3 is 1. The Bertz CT molecular complexity index is 268. The largest absolute Gasteiger partial charge is 0.352 e. The first-order valence-corrected chi connectivity index (χ1v) is 5.40. The van der Waals surface area contributed by atoms with Gasteiger partial charge >= 0.3 is 0 Å². The third-order valence-electron chi connectivity index (χ3n) is 3.82. The highest BCUT2D eigenvalue weighted by atomic mass is 16.7. The molecule has 1 fully saturated rings. The first-order chi connectivity index (χ1) is 6.89. The molecule has 0 amide bonds. The van der Waals surface area contributed by atoms with Crippen molar-refractivity contribution in [2.24, 2.45) is 5.41 Å². The van der Waals surface area contributed by atoms with Crippen molar-refractivity contribution in [3.05, 3.63) is 24.8 Å². The van der Waals surface area contributed by atoms with Crippen LogP contribution in [0.4, 0.5) is 0 Å². The second-order valence-corrected chi connectivity index (χ2v) is 4.89. The lowest BCUT2D eigenvalue weighted by Crippen LogP contribution is -2.38. The van der Waals surface area contributed by atoms with Gasteiger partial charge in [-0.05, 0) is 25.3 Å². The van der Waals surface area contributed by atoms with Crippen LogP contribution in [0.5, 0.6) is 0 Å². The summed E-state index contributed by atoms with van der Waals surface area (Å²) in [5.74, 6) is 0. The molecule has 1 unspecified atom stereocenters. The van der Waals surface area contributed by atoms with Crippen LogP contribution < -0.4 is 0 Å². The Hall–Kier alpha value is -0.600. The summed E-state index contributed by atoms with van der Waals surface area (Å²) in [7, 11) is 1.66. The number of hydrogen-bond donors (Lipinski definition) is 0. The molecule has 1 saturated heterocycles. The van der Waals surface area contributed by atoms with Crippen LogP contribution in [0.1, 0.15) is 33.6 Å². The quantitative estimate of drug-likeness (QED) is 0.663. The molecule has 0 aliphatic carbocycles. The van der Waals surface area contributed by atoms with Crippen molar-refractivity contribution in [3.8, 4) is 0 Å². The molecule has 86 valence electrons. The van der Waals surface area contributed by atoms with Crippen molar-refractivity contribution in [2.75, 3.05) is 7.11 Å². The summed E-state index contributed by atoms with van der Waals surface area (Å²) < 4.78 is 11.2. The van der Waals surface area contributed by atoms with E-state index in [0.29, 0.717) is 0 Å². The van der Waals surface area contributed by atoms with Crippen LogP contribution >= 0.6 is 0 Å². The van der Waals surface area contributed by atoms with E-state index >= 15 is 0 Å². The van der Waals surface area contributed by atoms with Crippen molar-refractivity contribution in [3.63, 3.8) is 0 Å². The maximum absolute atomic E-state index is 5.96. The molecule has 0 bridgehead atoms. The topological polar surface area (TPSA) is 18.5 Å². The third kappa shape index (κ3) is 1.88. The number of allylic oxidation sites excluding steroid dienone is 1. The van der Waals surface area contributed by atoms with Crippen molar-refractivity contribution >= 4 is 0 Å². The molecule has 1 aliphatic rings. The minimum Gasteiger partial charge on any atom is -0.352 e. The van der Waals surface area contributed by atoms with E-state index in [0.717, 1.165) is 18.4 Å². The highest BCUT2D eigenvalue weighted by Gasteiger charge is 2.53. The van der Waals surface area contributed by atoms with Gasteiger partial charge in [0.25, 0.3) is 0 Å². The van der Waals surface area contributed by atoms with Crippen molar-refractivity contribution in [1.82, 2.24) is 0 Å². The SMILES string of the molecule is C=CCC[C@]1(C)OC(OC)C(=C)C1(C)C. The summed E-state index contributed by atoms with van der Waals surface area (Å²) in [5.41, 5.74) is 0.756. The minimum atomic E-state index is -0.269. The van der Waals surface area contributed by atoms with Gasteiger partial charge in [0.2, 0.25) is 0 Å². The van der Waals surface area contributed by atoms with Gasteiger partial charge in [0.05, 0.1) is 5.60 Å². The summed E-state index contributed by atoms with van der Waals surface area (Å²) >= 11 is 0. The van der Waals surface area contributed by atoms with Crippen LogP contribution in [0.15, 0.2) is 24.8 Å². The molecular weight excluding hydrogens is 188 g/mol. The van der Waals surface area contributed by atoms with E-state index in [9.17, 15) is 0 Å². The third-order valence-corrected chi connectivity index (χ3v) is 3.82. The van der Waals surface area contributed by atoms with Gasteiger partial charge in [-0.25, -0.2) is 0 Å². The minimum absolute atomic E-state index is 0.0588. The van der Waals surface area contributed by atoms with E-state index in [1.807, 2.05) is 6.08 Å². The lowest BCUT2D eigenvalue weighted by molar-refractivity contribution is -0.155. The molecular formula is C13H22O2. The molecule has 0 aromatic heterocycles. The van der Waals surface area contributed by atoms with Gasteiger partial charge in [0.15, 0.2) is 6.29 Å². The molecule has 1 aliphatic heterocycles. The molecule has 2 heteroatoms.